The van der Waals surface area contributed by atoms with Crippen molar-refractivity contribution in [2.75, 3.05) is 20.6 Å². The van der Waals surface area contributed by atoms with E-state index in [1.165, 1.54) is 0 Å². The van der Waals surface area contributed by atoms with Gasteiger partial charge >= 0.3 is 5.91 Å². The van der Waals surface area contributed by atoms with Crippen LogP contribution in [0.2, 0.25) is 0 Å². The predicted molar refractivity (Wildman–Crippen MR) is 37.9 cm³/mol. The van der Waals surface area contributed by atoms with Crippen LogP contribution in [0.25, 0.3) is 0 Å². The number of halogens is 1. The Morgan fingerprint density at radius 1 is 1.60 bits per heavy atom. The standard InChI is InChI=1S/C7H14NO.ClH/c1-5-6-8(3,4)7(2)9;/h5H,1,6H2,2-4H3;1H/q+1;/p-1. The molecule has 0 aliphatic carbocycles. The highest BCUT2D eigenvalue weighted by Gasteiger charge is 2.18. The lowest BCUT2D eigenvalue weighted by Gasteiger charge is -2.22. The molecule has 3 heteroatoms. The van der Waals surface area contributed by atoms with Gasteiger partial charge in [-0.15, -0.1) is 0 Å². The van der Waals surface area contributed by atoms with E-state index in [1.54, 1.807) is 13.0 Å². The summed E-state index contributed by atoms with van der Waals surface area (Å²) >= 11 is 0. The SMILES string of the molecule is C=CC[N+](C)(C)C(C)=O.[Cl-]. The highest BCUT2D eigenvalue weighted by atomic mass is 35.5. The smallest absolute Gasteiger partial charge is 0.310 e. The Morgan fingerprint density at radius 3 is 2.10 bits per heavy atom. The molecule has 0 spiro atoms. The van der Waals surface area contributed by atoms with Crippen LogP contribution in [0.1, 0.15) is 6.92 Å². The first-order chi connectivity index (χ1) is 4.00. The minimum absolute atomic E-state index is 0. The van der Waals surface area contributed by atoms with Crippen LogP contribution in [0.15, 0.2) is 12.7 Å². The number of rotatable bonds is 2. The Hall–Kier alpha value is -0.340. The Bertz CT molecular complexity index is 132. The van der Waals surface area contributed by atoms with Gasteiger partial charge in [-0.25, -0.2) is 4.79 Å². The van der Waals surface area contributed by atoms with Crippen molar-refractivity contribution in [3.05, 3.63) is 12.7 Å². The molecular weight excluding hydrogens is 150 g/mol. The molecule has 0 N–H and O–H groups in total. The number of carbonyl (C=O) groups is 1. The van der Waals surface area contributed by atoms with E-state index in [9.17, 15) is 4.79 Å². The highest BCUT2D eigenvalue weighted by molar-refractivity contribution is 5.65. The van der Waals surface area contributed by atoms with Crippen molar-refractivity contribution in [1.82, 2.24) is 0 Å². The lowest BCUT2D eigenvalue weighted by molar-refractivity contribution is -0.806. The summed E-state index contributed by atoms with van der Waals surface area (Å²) < 4.78 is 0.392. The van der Waals surface area contributed by atoms with Crippen molar-refractivity contribution in [2.45, 2.75) is 6.92 Å². The van der Waals surface area contributed by atoms with E-state index < -0.39 is 0 Å². The van der Waals surface area contributed by atoms with Crippen molar-refractivity contribution in [2.24, 2.45) is 0 Å². The number of nitrogens with zero attached hydrogens (tertiary/aromatic N) is 1. The summed E-state index contributed by atoms with van der Waals surface area (Å²) in [5, 5.41) is 0. The van der Waals surface area contributed by atoms with Crippen LogP contribution in [-0.2, 0) is 4.79 Å². The van der Waals surface area contributed by atoms with Gasteiger partial charge in [-0.3, -0.25) is 4.48 Å². The molecule has 0 heterocycles. The number of quaternary nitrogens is 1. The van der Waals surface area contributed by atoms with E-state index >= 15 is 0 Å². The third kappa shape index (κ3) is 3.64. The van der Waals surface area contributed by atoms with Crippen LogP contribution in [0, 0.1) is 0 Å². The van der Waals surface area contributed by atoms with Gasteiger partial charge in [0, 0.05) is 0 Å². The third-order valence-corrected chi connectivity index (χ3v) is 1.44. The van der Waals surface area contributed by atoms with Gasteiger partial charge < -0.3 is 12.4 Å². The Kier molecular flexibility index (Phi) is 5.52. The Morgan fingerprint density at radius 2 is 2.00 bits per heavy atom. The lowest BCUT2D eigenvalue weighted by Crippen LogP contribution is -3.00. The molecule has 0 bridgehead atoms. The maximum atomic E-state index is 10.8. The quantitative estimate of drug-likeness (QED) is 0.334. The molecule has 0 saturated heterocycles. The molecule has 1 amide bonds. The van der Waals surface area contributed by atoms with Gasteiger partial charge in [-0.2, -0.15) is 0 Å². The van der Waals surface area contributed by atoms with Crippen molar-refractivity contribution < 1.29 is 21.7 Å². The summed E-state index contributed by atoms with van der Waals surface area (Å²) in [6, 6.07) is 0. The second-order valence-corrected chi connectivity index (χ2v) is 2.68. The number of hydrogen-bond donors (Lipinski definition) is 0. The molecule has 0 aromatic heterocycles. The molecule has 0 aromatic rings. The molecule has 60 valence electrons. The molecule has 0 rings (SSSR count). The fourth-order valence-corrected chi connectivity index (χ4v) is 0.451. The van der Waals surface area contributed by atoms with Crippen LogP contribution in [0.4, 0.5) is 0 Å². The Labute approximate surface area is 68.5 Å². The van der Waals surface area contributed by atoms with Gasteiger partial charge in [0.2, 0.25) is 0 Å². The van der Waals surface area contributed by atoms with Crippen molar-refractivity contribution in [3.63, 3.8) is 0 Å². The zero-order valence-corrected chi connectivity index (χ0v) is 7.48. The van der Waals surface area contributed by atoms with E-state index in [-0.39, 0.29) is 18.3 Å². The molecule has 0 atom stereocenters. The number of hydrogen-bond acceptors (Lipinski definition) is 1. The zero-order valence-electron chi connectivity index (χ0n) is 6.72. The molecule has 0 aliphatic heterocycles. The van der Waals surface area contributed by atoms with E-state index in [2.05, 4.69) is 6.58 Å². The summed E-state index contributed by atoms with van der Waals surface area (Å²) in [4.78, 5) is 10.8. The fraction of sp³-hybridized carbons (Fsp3) is 0.571. The Balaban J connectivity index is 0. The van der Waals surface area contributed by atoms with Crippen LogP contribution in [-0.4, -0.2) is 31.0 Å². The topological polar surface area (TPSA) is 17.1 Å². The molecular formula is C7H14ClNO. The van der Waals surface area contributed by atoms with Gasteiger partial charge in [0.1, 0.15) is 6.54 Å². The predicted octanol–water partition coefficient (Wildman–Crippen LogP) is -2.20. The van der Waals surface area contributed by atoms with Gasteiger partial charge in [0.05, 0.1) is 21.0 Å². The first-order valence-electron chi connectivity index (χ1n) is 2.95. The van der Waals surface area contributed by atoms with Gasteiger partial charge in [0.25, 0.3) is 0 Å². The van der Waals surface area contributed by atoms with Crippen LogP contribution in [0.5, 0.6) is 0 Å². The zero-order chi connectivity index (χ0) is 7.49. The van der Waals surface area contributed by atoms with E-state index in [0.717, 1.165) is 0 Å². The van der Waals surface area contributed by atoms with Gasteiger partial charge in [-0.1, -0.05) is 6.58 Å². The number of likely N-dealkylation sites (N-methyl/N-ethyl adjacent to an activating group) is 1. The average molecular weight is 164 g/mol. The van der Waals surface area contributed by atoms with Crippen LogP contribution in [0.3, 0.4) is 0 Å². The van der Waals surface area contributed by atoms with Crippen LogP contribution >= 0.6 is 0 Å². The second-order valence-electron chi connectivity index (χ2n) is 2.68. The molecule has 0 radical (unpaired) electrons. The van der Waals surface area contributed by atoms with Crippen molar-refractivity contribution in [3.8, 4) is 0 Å². The summed E-state index contributed by atoms with van der Waals surface area (Å²) in [5.41, 5.74) is 0. The third-order valence-electron chi connectivity index (χ3n) is 1.44. The maximum Gasteiger partial charge on any atom is 0.310 e. The first kappa shape index (κ1) is 12.3. The molecule has 0 saturated carbocycles. The van der Waals surface area contributed by atoms with Crippen molar-refractivity contribution >= 4 is 5.91 Å². The molecule has 2 nitrogen and oxygen atoms in total. The maximum absolute atomic E-state index is 10.8. The molecule has 0 fully saturated rings. The first-order valence-corrected chi connectivity index (χ1v) is 2.95. The normalized spacial score (nSPS) is 9.90. The summed E-state index contributed by atoms with van der Waals surface area (Å²) in [6.07, 6.45) is 1.75. The molecule has 0 unspecified atom stereocenters. The highest BCUT2D eigenvalue weighted by Crippen LogP contribution is 1.96. The number of amides is 1. The van der Waals surface area contributed by atoms with E-state index in [1.807, 2.05) is 14.1 Å². The lowest BCUT2D eigenvalue weighted by atomic mass is 10.4. The van der Waals surface area contributed by atoms with Crippen LogP contribution < -0.4 is 12.4 Å². The fourth-order valence-electron chi connectivity index (χ4n) is 0.451. The van der Waals surface area contributed by atoms with Crippen molar-refractivity contribution in [1.29, 1.82) is 0 Å². The van der Waals surface area contributed by atoms with E-state index in [0.29, 0.717) is 11.0 Å². The summed E-state index contributed by atoms with van der Waals surface area (Å²) in [6.45, 7) is 5.85. The monoisotopic (exact) mass is 163 g/mol. The van der Waals surface area contributed by atoms with E-state index in [4.69, 9.17) is 0 Å². The summed E-state index contributed by atoms with van der Waals surface area (Å²) in [5.74, 6) is 0.162. The number of carbonyl (C=O) groups excluding carboxylic acids is 1. The average Bonchev–Trinajstić information content (AvgIpc) is 1.65. The summed E-state index contributed by atoms with van der Waals surface area (Å²) in [7, 11) is 3.73. The molecule has 10 heavy (non-hydrogen) atoms. The molecule has 0 aliphatic rings. The van der Waals surface area contributed by atoms with Gasteiger partial charge in [0.15, 0.2) is 0 Å². The largest absolute Gasteiger partial charge is 1.00 e. The minimum Gasteiger partial charge on any atom is -1.00 e. The second kappa shape index (κ2) is 4.47. The minimum atomic E-state index is 0. The van der Waals surface area contributed by atoms with Gasteiger partial charge in [-0.05, 0) is 6.08 Å². The molecule has 0 aromatic carbocycles.